The maximum Gasteiger partial charge on any atom is 0.313 e. The average Bonchev–Trinajstić information content (AvgIpc) is 2.30. The van der Waals surface area contributed by atoms with Crippen molar-refractivity contribution in [2.45, 2.75) is 58.5 Å². The van der Waals surface area contributed by atoms with Gasteiger partial charge in [-0.15, -0.1) is 0 Å². The van der Waals surface area contributed by atoms with Crippen LogP contribution in [-0.4, -0.2) is 25.2 Å². The molecule has 1 N–H and O–H groups in total. The monoisotopic (exact) mass is 239 g/mol. The van der Waals surface area contributed by atoms with E-state index in [0.29, 0.717) is 5.92 Å². The zero-order chi connectivity index (χ0) is 12.3. The van der Waals surface area contributed by atoms with Gasteiger partial charge in [0.2, 0.25) is 0 Å². The summed E-state index contributed by atoms with van der Waals surface area (Å²) in [5.74, 6) is 0.725. The Hall–Kier alpha value is -0.570. The van der Waals surface area contributed by atoms with Crippen molar-refractivity contribution in [1.29, 1.82) is 0 Å². The van der Waals surface area contributed by atoms with Gasteiger partial charge in [0, 0.05) is 6.54 Å². The van der Waals surface area contributed by atoms with E-state index in [1.165, 1.54) is 12.8 Å². The molecule has 2 aliphatic rings. The number of carbonyl (C=O) groups excluding carboxylic acids is 1. The standard InChI is InChI=1S/C14H25NO2/c1-11-5-3-6-12(9-11)17-13(16)14(2)7-4-8-15-10-14/h11-12,15H,3-10H2,1-2H3. The predicted molar refractivity (Wildman–Crippen MR) is 67.7 cm³/mol. The molecule has 17 heavy (non-hydrogen) atoms. The summed E-state index contributed by atoms with van der Waals surface area (Å²) >= 11 is 0. The summed E-state index contributed by atoms with van der Waals surface area (Å²) in [4.78, 5) is 12.2. The van der Waals surface area contributed by atoms with Crippen LogP contribution < -0.4 is 5.32 Å². The van der Waals surface area contributed by atoms with E-state index < -0.39 is 0 Å². The van der Waals surface area contributed by atoms with Gasteiger partial charge < -0.3 is 10.1 Å². The molecular weight excluding hydrogens is 214 g/mol. The highest BCUT2D eigenvalue weighted by Crippen LogP contribution is 2.31. The lowest BCUT2D eigenvalue weighted by Gasteiger charge is -2.35. The Kier molecular flexibility index (Phi) is 4.08. The Morgan fingerprint density at radius 3 is 2.82 bits per heavy atom. The topological polar surface area (TPSA) is 38.3 Å². The van der Waals surface area contributed by atoms with Crippen molar-refractivity contribution in [2.75, 3.05) is 13.1 Å². The molecule has 1 aliphatic carbocycles. The third kappa shape index (κ3) is 3.21. The first-order chi connectivity index (χ1) is 8.10. The van der Waals surface area contributed by atoms with E-state index >= 15 is 0 Å². The zero-order valence-electron chi connectivity index (χ0n) is 11.1. The highest BCUT2D eigenvalue weighted by atomic mass is 16.5. The fourth-order valence-electron chi connectivity index (χ4n) is 3.01. The Morgan fingerprint density at radius 2 is 2.18 bits per heavy atom. The van der Waals surface area contributed by atoms with E-state index in [9.17, 15) is 4.79 Å². The summed E-state index contributed by atoms with van der Waals surface area (Å²) < 4.78 is 5.73. The molecule has 3 unspecified atom stereocenters. The second kappa shape index (κ2) is 5.38. The number of esters is 1. The molecule has 3 atom stereocenters. The van der Waals surface area contributed by atoms with Crippen LogP contribution >= 0.6 is 0 Å². The van der Waals surface area contributed by atoms with Gasteiger partial charge in [-0.25, -0.2) is 0 Å². The van der Waals surface area contributed by atoms with Crippen LogP contribution in [0.5, 0.6) is 0 Å². The number of hydrogen-bond acceptors (Lipinski definition) is 3. The molecule has 98 valence electrons. The Morgan fingerprint density at radius 1 is 1.35 bits per heavy atom. The van der Waals surface area contributed by atoms with Crippen LogP contribution in [0.25, 0.3) is 0 Å². The molecule has 3 heteroatoms. The molecule has 0 aromatic heterocycles. The second-order valence-electron chi connectivity index (χ2n) is 6.14. The smallest absolute Gasteiger partial charge is 0.313 e. The lowest BCUT2D eigenvalue weighted by Crippen LogP contribution is -2.45. The number of piperidine rings is 1. The highest BCUT2D eigenvalue weighted by molar-refractivity contribution is 5.77. The minimum atomic E-state index is -0.293. The lowest BCUT2D eigenvalue weighted by atomic mass is 9.82. The van der Waals surface area contributed by atoms with Crippen LogP contribution in [0.15, 0.2) is 0 Å². The van der Waals surface area contributed by atoms with Crippen molar-refractivity contribution in [3.63, 3.8) is 0 Å². The van der Waals surface area contributed by atoms with Crippen molar-refractivity contribution in [3.05, 3.63) is 0 Å². The van der Waals surface area contributed by atoms with Crippen LogP contribution in [-0.2, 0) is 9.53 Å². The van der Waals surface area contributed by atoms with E-state index in [0.717, 1.165) is 38.8 Å². The third-order valence-corrected chi connectivity index (χ3v) is 4.25. The van der Waals surface area contributed by atoms with Crippen molar-refractivity contribution < 1.29 is 9.53 Å². The van der Waals surface area contributed by atoms with E-state index in [2.05, 4.69) is 12.2 Å². The Balaban J connectivity index is 1.87. The van der Waals surface area contributed by atoms with Gasteiger partial charge in [-0.2, -0.15) is 0 Å². The van der Waals surface area contributed by atoms with Crippen LogP contribution in [0.3, 0.4) is 0 Å². The maximum atomic E-state index is 12.2. The van der Waals surface area contributed by atoms with Crippen LogP contribution in [0.4, 0.5) is 0 Å². The number of nitrogens with one attached hydrogen (secondary N) is 1. The van der Waals surface area contributed by atoms with Gasteiger partial charge in [0.15, 0.2) is 0 Å². The molecular formula is C14H25NO2. The predicted octanol–water partition coefficient (Wildman–Crippen LogP) is 2.50. The van der Waals surface area contributed by atoms with Gasteiger partial charge >= 0.3 is 5.97 Å². The average molecular weight is 239 g/mol. The molecule has 0 spiro atoms. The zero-order valence-corrected chi connectivity index (χ0v) is 11.1. The van der Waals surface area contributed by atoms with Gasteiger partial charge in [-0.1, -0.05) is 13.3 Å². The minimum Gasteiger partial charge on any atom is -0.462 e. The molecule has 0 bridgehead atoms. The number of carbonyl (C=O) groups is 1. The molecule has 1 aliphatic heterocycles. The Bertz CT molecular complexity index is 271. The normalized spacial score (nSPS) is 38.7. The first-order valence-corrected chi connectivity index (χ1v) is 7.02. The van der Waals surface area contributed by atoms with Gasteiger partial charge in [-0.3, -0.25) is 4.79 Å². The molecule has 2 fully saturated rings. The van der Waals surface area contributed by atoms with E-state index in [-0.39, 0.29) is 17.5 Å². The number of rotatable bonds is 2. The molecule has 1 saturated heterocycles. The summed E-state index contributed by atoms with van der Waals surface area (Å²) in [6.45, 7) is 6.09. The van der Waals surface area contributed by atoms with Gasteiger partial charge in [0.1, 0.15) is 6.10 Å². The highest BCUT2D eigenvalue weighted by Gasteiger charge is 2.37. The van der Waals surface area contributed by atoms with Gasteiger partial charge in [0.05, 0.1) is 5.41 Å². The summed E-state index contributed by atoms with van der Waals surface area (Å²) in [5.41, 5.74) is -0.293. The van der Waals surface area contributed by atoms with E-state index in [4.69, 9.17) is 4.74 Å². The molecule has 0 aromatic carbocycles. The molecule has 1 heterocycles. The van der Waals surface area contributed by atoms with Crippen molar-refractivity contribution >= 4 is 5.97 Å². The van der Waals surface area contributed by atoms with Crippen molar-refractivity contribution in [3.8, 4) is 0 Å². The van der Waals surface area contributed by atoms with Crippen molar-refractivity contribution in [1.82, 2.24) is 5.32 Å². The summed E-state index contributed by atoms with van der Waals surface area (Å²) in [6, 6.07) is 0. The van der Waals surface area contributed by atoms with Crippen LogP contribution in [0.2, 0.25) is 0 Å². The molecule has 3 nitrogen and oxygen atoms in total. The van der Waals surface area contributed by atoms with Gasteiger partial charge in [-0.05, 0) is 51.5 Å². The SMILES string of the molecule is CC1CCCC(OC(=O)C2(C)CCCNC2)C1. The number of hydrogen-bond donors (Lipinski definition) is 1. The fourth-order valence-corrected chi connectivity index (χ4v) is 3.01. The van der Waals surface area contributed by atoms with Crippen LogP contribution in [0.1, 0.15) is 52.4 Å². The van der Waals surface area contributed by atoms with Gasteiger partial charge in [0.25, 0.3) is 0 Å². The lowest BCUT2D eigenvalue weighted by molar-refractivity contribution is -0.163. The molecule has 0 aromatic rings. The summed E-state index contributed by atoms with van der Waals surface area (Å²) in [7, 11) is 0. The summed E-state index contributed by atoms with van der Waals surface area (Å²) in [6.07, 6.45) is 6.80. The second-order valence-corrected chi connectivity index (χ2v) is 6.14. The van der Waals surface area contributed by atoms with Crippen molar-refractivity contribution in [2.24, 2.45) is 11.3 Å². The van der Waals surface area contributed by atoms with E-state index in [1.54, 1.807) is 0 Å². The molecule has 0 radical (unpaired) electrons. The minimum absolute atomic E-state index is 0.0174. The molecule has 0 amide bonds. The van der Waals surface area contributed by atoms with Crippen LogP contribution in [0, 0.1) is 11.3 Å². The fraction of sp³-hybridized carbons (Fsp3) is 0.929. The largest absolute Gasteiger partial charge is 0.462 e. The first-order valence-electron chi connectivity index (χ1n) is 7.02. The van der Waals surface area contributed by atoms with E-state index in [1.807, 2.05) is 6.92 Å². The first kappa shape index (κ1) is 12.9. The molecule has 1 saturated carbocycles. The maximum absolute atomic E-state index is 12.2. The Labute approximate surface area is 104 Å². The summed E-state index contributed by atoms with van der Waals surface area (Å²) in [5, 5.41) is 3.30. The third-order valence-electron chi connectivity index (χ3n) is 4.25. The quantitative estimate of drug-likeness (QED) is 0.752. The molecule has 2 rings (SSSR count). The number of ether oxygens (including phenoxy) is 1.